The van der Waals surface area contributed by atoms with Crippen LogP contribution < -0.4 is 10.1 Å². The van der Waals surface area contributed by atoms with E-state index in [1.165, 1.54) is 19.6 Å². The Morgan fingerprint density at radius 1 is 1.26 bits per heavy atom. The van der Waals surface area contributed by atoms with Crippen LogP contribution in [0, 0.1) is 4.78 Å². The molecule has 0 aliphatic carbocycles. The first kappa shape index (κ1) is 19.1. The van der Waals surface area contributed by atoms with E-state index < -0.39 is 9.73 Å². The number of anilines is 1. The topological polar surface area (TPSA) is 92.1 Å². The normalized spacial score (nSPS) is 13.1. The number of hydrogen-bond acceptors (Lipinski definition) is 5. The highest BCUT2D eigenvalue weighted by Gasteiger charge is 2.16. The van der Waals surface area contributed by atoms with Crippen molar-refractivity contribution in [1.82, 2.24) is 4.98 Å². The quantitative estimate of drug-likeness (QED) is 0.670. The summed E-state index contributed by atoms with van der Waals surface area (Å²) in [6.07, 6.45) is 2.97. The maximum Gasteiger partial charge on any atom is 0.228 e. The fourth-order valence-electron chi connectivity index (χ4n) is 2.80. The number of rotatable bonds is 5. The number of methoxy groups -OCH3 is 1. The molecule has 0 radical (unpaired) electrons. The highest BCUT2D eigenvalue weighted by atomic mass is 35.5. The van der Waals surface area contributed by atoms with Crippen molar-refractivity contribution < 1.29 is 13.7 Å². The Bertz CT molecular complexity index is 1130. The van der Waals surface area contributed by atoms with Gasteiger partial charge in [0.15, 0.2) is 0 Å². The largest absolute Gasteiger partial charge is 0.481 e. The average molecular weight is 404 g/mol. The predicted octanol–water partition coefficient (Wildman–Crippen LogP) is 4.11. The number of halogens is 1. The average Bonchev–Trinajstić information content (AvgIpc) is 2.61. The number of carbonyl (C=O) groups is 1. The van der Waals surface area contributed by atoms with Crippen molar-refractivity contribution in [3.63, 3.8) is 0 Å². The van der Waals surface area contributed by atoms with Crippen LogP contribution >= 0.6 is 11.6 Å². The van der Waals surface area contributed by atoms with Gasteiger partial charge >= 0.3 is 0 Å². The third kappa shape index (κ3) is 4.20. The van der Waals surface area contributed by atoms with E-state index in [1.807, 2.05) is 6.07 Å². The molecule has 1 aromatic heterocycles. The maximum atomic E-state index is 12.5. The van der Waals surface area contributed by atoms with Crippen LogP contribution in [0.15, 0.2) is 53.6 Å². The molecule has 1 atom stereocenters. The van der Waals surface area contributed by atoms with Gasteiger partial charge in [0.1, 0.15) is 0 Å². The number of hydrogen-bond donors (Lipinski definition) is 2. The van der Waals surface area contributed by atoms with E-state index in [1.54, 1.807) is 36.4 Å². The van der Waals surface area contributed by atoms with Crippen molar-refractivity contribution >= 4 is 43.7 Å². The molecule has 0 bridgehead atoms. The molecule has 2 N–H and O–H groups in total. The van der Waals surface area contributed by atoms with Gasteiger partial charge in [-0.15, -0.1) is 0 Å². The van der Waals surface area contributed by atoms with Crippen molar-refractivity contribution in [2.45, 2.75) is 11.3 Å². The monoisotopic (exact) mass is 403 g/mol. The Hall–Kier alpha value is -2.64. The van der Waals surface area contributed by atoms with Crippen LogP contribution in [0.2, 0.25) is 5.02 Å². The Labute approximate surface area is 162 Å². The molecule has 0 aliphatic rings. The van der Waals surface area contributed by atoms with Gasteiger partial charge in [-0.25, -0.2) is 14.0 Å². The van der Waals surface area contributed by atoms with Crippen LogP contribution in [0.1, 0.15) is 5.56 Å². The highest BCUT2D eigenvalue weighted by Crippen LogP contribution is 2.32. The lowest BCUT2D eigenvalue weighted by Gasteiger charge is -2.13. The van der Waals surface area contributed by atoms with Crippen molar-refractivity contribution in [1.29, 1.82) is 4.78 Å². The van der Waals surface area contributed by atoms with E-state index in [4.69, 9.17) is 21.1 Å². The second-order valence-electron chi connectivity index (χ2n) is 6.05. The molecule has 6 nitrogen and oxygen atoms in total. The number of carbonyl (C=O) groups excluding carboxylic acids is 1. The van der Waals surface area contributed by atoms with Gasteiger partial charge in [-0.1, -0.05) is 29.8 Å². The minimum atomic E-state index is -3.03. The zero-order valence-corrected chi connectivity index (χ0v) is 16.4. The third-order valence-corrected chi connectivity index (χ3v) is 5.56. The SMILES string of the molecule is COc1nccc2c(S(C)(=N)=O)cc(NC(=O)Cc3ccccc3Cl)cc12. The number of fused-ring (bicyclic) bond motifs is 1. The minimum Gasteiger partial charge on any atom is -0.481 e. The first-order valence-electron chi connectivity index (χ1n) is 8.03. The van der Waals surface area contributed by atoms with Gasteiger partial charge in [0, 0.05) is 33.9 Å². The van der Waals surface area contributed by atoms with Crippen LogP contribution in [0.4, 0.5) is 5.69 Å². The molecule has 27 heavy (non-hydrogen) atoms. The molecule has 1 heterocycles. The summed E-state index contributed by atoms with van der Waals surface area (Å²) in [6.45, 7) is 0. The van der Waals surface area contributed by atoms with E-state index in [0.717, 1.165) is 0 Å². The van der Waals surface area contributed by atoms with E-state index in [2.05, 4.69) is 10.3 Å². The number of pyridine rings is 1. The fourth-order valence-corrected chi connectivity index (χ4v) is 3.95. The summed E-state index contributed by atoms with van der Waals surface area (Å²) in [5.41, 5.74) is 1.12. The van der Waals surface area contributed by atoms with E-state index >= 15 is 0 Å². The van der Waals surface area contributed by atoms with Crippen molar-refractivity contribution in [3.8, 4) is 5.88 Å². The Morgan fingerprint density at radius 2 is 2.00 bits per heavy atom. The lowest BCUT2D eigenvalue weighted by molar-refractivity contribution is -0.115. The molecule has 0 saturated carbocycles. The molecular weight excluding hydrogens is 386 g/mol. The molecule has 0 saturated heterocycles. The number of nitrogens with one attached hydrogen (secondary N) is 2. The number of aromatic nitrogens is 1. The van der Waals surface area contributed by atoms with Crippen LogP contribution in [0.5, 0.6) is 5.88 Å². The first-order valence-corrected chi connectivity index (χ1v) is 10.4. The smallest absolute Gasteiger partial charge is 0.228 e. The van der Waals surface area contributed by atoms with Crippen molar-refractivity contribution in [2.24, 2.45) is 0 Å². The van der Waals surface area contributed by atoms with Gasteiger partial charge in [-0.05, 0) is 29.8 Å². The van der Waals surface area contributed by atoms with Crippen molar-refractivity contribution in [3.05, 3.63) is 59.2 Å². The standard InChI is InChI=1S/C19H18ClN3O3S/c1-26-19-15-10-13(11-17(27(2,21)25)14(15)7-8-22-19)23-18(24)9-12-5-3-4-6-16(12)20/h3-8,10-11,21H,9H2,1-2H3,(H,23,24). The van der Waals surface area contributed by atoms with E-state index in [0.29, 0.717) is 37.8 Å². The summed E-state index contributed by atoms with van der Waals surface area (Å²) in [5.74, 6) is 0.0587. The molecule has 8 heteroatoms. The van der Waals surface area contributed by atoms with Crippen LogP contribution in [0.3, 0.4) is 0 Å². The number of ether oxygens (including phenoxy) is 1. The third-order valence-electron chi connectivity index (χ3n) is 4.01. The molecule has 0 spiro atoms. The fraction of sp³-hybridized carbons (Fsp3) is 0.158. The van der Waals surface area contributed by atoms with Gasteiger partial charge in [0.2, 0.25) is 11.8 Å². The molecule has 0 fully saturated rings. The Balaban J connectivity index is 2.02. The summed E-state index contributed by atoms with van der Waals surface area (Å²) in [4.78, 5) is 16.9. The van der Waals surface area contributed by atoms with Gasteiger partial charge in [0.25, 0.3) is 0 Å². The Morgan fingerprint density at radius 3 is 2.67 bits per heavy atom. The lowest BCUT2D eigenvalue weighted by Crippen LogP contribution is -2.15. The second kappa shape index (κ2) is 7.54. The summed E-state index contributed by atoms with van der Waals surface area (Å²) < 4.78 is 25.7. The minimum absolute atomic E-state index is 0.0968. The highest BCUT2D eigenvalue weighted by molar-refractivity contribution is 7.92. The molecule has 1 amide bonds. The zero-order valence-electron chi connectivity index (χ0n) is 14.8. The second-order valence-corrected chi connectivity index (χ2v) is 8.58. The first-order chi connectivity index (χ1) is 12.8. The van der Waals surface area contributed by atoms with Gasteiger partial charge in [-0.2, -0.15) is 0 Å². The molecular formula is C19H18ClN3O3S. The lowest BCUT2D eigenvalue weighted by atomic mass is 10.1. The van der Waals surface area contributed by atoms with Crippen LogP contribution in [-0.2, 0) is 20.9 Å². The molecule has 3 aromatic rings. The van der Waals surface area contributed by atoms with Gasteiger partial charge in [0.05, 0.1) is 28.2 Å². The number of nitrogens with zero attached hydrogens (tertiary/aromatic N) is 1. The number of amides is 1. The number of benzene rings is 2. The molecule has 1 unspecified atom stereocenters. The zero-order chi connectivity index (χ0) is 19.6. The maximum absolute atomic E-state index is 12.5. The molecule has 0 aliphatic heterocycles. The summed E-state index contributed by atoms with van der Waals surface area (Å²) >= 11 is 6.11. The molecule has 2 aromatic carbocycles. The summed E-state index contributed by atoms with van der Waals surface area (Å²) in [6, 6.07) is 12.0. The molecule has 3 rings (SSSR count). The van der Waals surface area contributed by atoms with Crippen molar-refractivity contribution in [2.75, 3.05) is 18.7 Å². The Kier molecular flexibility index (Phi) is 5.34. The van der Waals surface area contributed by atoms with Crippen LogP contribution in [-0.4, -0.2) is 28.5 Å². The predicted molar refractivity (Wildman–Crippen MR) is 107 cm³/mol. The van der Waals surface area contributed by atoms with E-state index in [-0.39, 0.29) is 12.3 Å². The summed E-state index contributed by atoms with van der Waals surface area (Å²) in [5, 5.41) is 4.48. The summed E-state index contributed by atoms with van der Waals surface area (Å²) in [7, 11) is -1.55. The van der Waals surface area contributed by atoms with E-state index in [9.17, 15) is 9.00 Å². The van der Waals surface area contributed by atoms with Crippen LogP contribution in [0.25, 0.3) is 10.8 Å². The molecule has 140 valence electrons. The van der Waals surface area contributed by atoms with Gasteiger partial charge in [-0.3, -0.25) is 4.79 Å². The van der Waals surface area contributed by atoms with Gasteiger partial charge < -0.3 is 10.1 Å².